The number of anilines is 2. The number of carbonyl (C=O) groups excluding carboxylic acids is 1. The molecule has 0 spiro atoms. The molecule has 3 rings (SSSR count). The maximum Gasteiger partial charge on any atom is 0.257 e. The van der Waals surface area contributed by atoms with Crippen molar-refractivity contribution in [3.63, 3.8) is 0 Å². The number of rotatable bonds is 7. The molecule has 2 heterocycles. The highest BCUT2D eigenvalue weighted by Crippen LogP contribution is 2.21. The van der Waals surface area contributed by atoms with Gasteiger partial charge in [-0.2, -0.15) is 5.10 Å². The lowest BCUT2D eigenvalue weighted by molar-refractivity contribution is 0.102. The number of nitrogens with one attached hydrogen (secondary N) is 2. The minimum atomic E-state index is -3.35. The SMILES string of the molecule is CCCS(=O)(=O)Nc1ccc(NC(=O)c2cc3cnn(C(C)C)c3nc2C)cc1. The molecule has 1 aromatic carbocycles. The Kier molecular flexibility index (Phi) is 5.88. The number of sulfonamides is 1. The topological polar surface area (TPSA) is 106 Å². The van der Waals surface area contributed by atoms with Crippen molar-refractivity contribution < 1.29 is 13.2 Å². The largest absolute Gasteiger partial charge is 0.322 e. The highest BCUT2D eigenvalue weighted by Gasteiger charge is 2.16. The summed E-state index contributed by atoms with van der Waals surface area (Å²) in [5.74, 6) is -0.221. The molecule has 8 nitrogen and oxygen atoms in total. The van der Waals surface area contributed by atoms with Gasteiger partial charge in [-0.1, -0.05) is 6.92 Å². The summed E-state index contributed by atoms with van der Waals surface area (Å²) < 4.78 is 28.0. The molecule has 0 aliphatic rings. The van der Waals surface area contributed by atoms with E-state index in [1.54, 1.807) is 50.4 Å². The monoisotopic (exact) mass is 415 g/mol. The van der Waals surface area contributed by atoms with Crippen LogP contribution in [0.4, 0.5) is 11.4 Å². The Morgan fingerprint density at radius 2 is 1.83 bits per heavy atom. The van der Waals surface area contributed by atoms with E-state index in [0.717, 1.165) is 11.0 Å². The fourth-order valence-electron chi connectivity index (χ4n) is 2.99. The number of amides is 1. The standard InChI is InChI=1S/C20H25N5O3S/c1-5-10-29(27,28)24-17-8-6-16(7-9-17)23-20(26)18-11-15-12-21-25(13(2)3)19(15)22-14(18)4/h6-9,11-13,24H,5,10H2,1-4H3,(H,23,26). The number of nitrogens with zero attached hydrogens (tertiary/aromatic N) is 3. The third-order valence-electron chi connectivity index (χ3n) is 4.38. The zero-order valence-corrected chi connectivity index (χ0v) is 17.7. The molecular formula is C20H25N5O3S. The van der Waals surface area contributed by atoms with Crippen LogP contribution in [-0.4, -0.2) is 34.8 Å². The van der Waals surface area contributed by atoms with Crippen LogP contribution < -0.4 is 10.0 Å². The Hall–Kier alpha value is -2.94. The molecule has 2 aromatic heterocycles. The lowest BCUT2D eigenvalue weighted by Gasteiger charge is -2.11. The number of benzene rings is 1. The highest BCUT2D eigenvalue weighted by molar-refractivity contribution is 7.92. The second-order valence-electron chi connectivity index (χ2n) is 7.17. The van der Waals surface area contributed by atoms with Gasteiger partial charge in [-0.15, -0.1) is 0 Å². The van der Waals surface area contributed by atoms with Gasteiger partial charge in [0.05, 0.1) is 23.2 Å². The summed E-state index contributed by atoms with van der Waals surface area (Å²) in [5.41, 5.74) is 2.84. The molecule has 0 saturated heterocycles. The highest BCUT2D eigenvalue weighted by atomic mass is 32.2. The van der Waals surface area contributed by atoms with Crippen molar-refractivity contribution >= 4 is 38.3 Å². The molecular weight excluding hydrogens is 390 g/mol. The van der Waals surface area contributed by atoms with Crippen LogP contribution in [-0.2, 0) is 10.0 Å². The number of carbonyl (C=O) groups is 1. The zero-order valence-electron chi connectivity index (χ0n) is 16.9. The van der Waals surface area contributed by atoms with Gasteiger partial charge in [0.15, 0.2) is 5.65 Å². The van der Waals surface area contributed by atoms with Crippen LogP contribution >= 0.6 is 0 Å². The second-order valence-corrected chi connectivity index (χ2v) is 9.01. The van der Waals surface area contributed by atoms with Gasteiger partial charge in [0.25, 0.3) is 5.91 Å². The van der Waals surface area contributed by atoms with Crippen molar-refractivity contribution in [2.75, 3.05) is 15.8 Å². The maximum atomic E-state index is 12.7. The van der Waals surface area contributed by atoms with E-state index in [9.17, 15) is 13.2 Å². The predicted molar refractivity (Wildman–Crippen MR) is 115 cm³/mol. The van der Waals surface area contributed by atoms with Gasteiger partial charge in [0.2, 0.25) is 10.0 Å². The molecule has 2 N–H and O–H groups in total. The van der Waals surface area contributed by atoms with Gasteiger partial charge < -0.3 is 5.32 Å². The summed E-state index contributed by atoms with van der Waals surface area (Å²) in [7, 11) is -3.35. The van der Waals surface area contributed by atoms with Crippen molar-refractivity contribution in [2.24, 2.45) is 0 Å². The van der Waals surface area contributed by atoms with Gasteiger partial charge in [-0.05, 0) is 57.5 Å². The van der Waals surface area contributed by atoms with Crippen LogP contribution in [0.1, 0.15) is 49.3 Å². The van der Waals surface area contributed by atoms with Crippen molar-refractivity contribution in [2.45, 2.75) is 40.2 Å². The van der Waals surface area contributed by atoms with Gasteiger partial charge in [-0.25, -0.2) is 18.1 Å². The molecule has 0 unspecified atom stereocenters. The summed E-state index contributed by atoms with van der Waals surface area (Å²) in [4.78, 5) is 17.3. The summed E-state index contributed by atoms with van der Waals surface area (Å²) in [5, 5.41) is 7.96. The van der Waals surface area contributed by atoms with Crippen LogP contribution in [0, 0.1) is 6.92 Å². The molecule has 0 atom stereocenters. The van der Waals surface area contributed by atoms with E-state index in [1.807, 2.05) is 18.5 Å². The Morgan fingerprint density at radius 1 is 1.17 bits per heavy atom. The molecule has 29 heavy (non-hydrogen) atoms. The quantitative estimate of drug-likeness (QED) is 0.612. The summed E-state index contributed by atoms with van der Waals surface area (Å²) in [6.45, 7) is 7.64. The van der Waals surface area contributed by atoms with E-state index in [1.165, 1.54) is 0 Å². The smallest absolute Gasteiger partial charge is 0.257 e. The summed E-state index contributed by atoms with van der Waals surface area (Å²) >= 11 is 0. The molecule has 0 aliphatic heterocycles. The first-order valence-electron chi connectivity index (χ1n) is 9.47. The van der Waals surface area contributed by atoms with Crippen LogP contribution in [0.5, 0.6) is 0 Å². The van der Waals surface area contributed by atoms with Crippen LogP contribution in [0.25, 0.3) is 11.0 Å². The molecule has 9 heteroatoms. The third kappa shape index (κ3) is 4.73. The van der Waals surface area contributed by atoms with E-state index in [2.05, 4.69) is 20.1 Å². The number of aromatic nitrogens is 3. The first kappa shape index (κ1) is 20.8. The fraction of sp³-hybridized carbons (Fsp3) is 0.350. The number of hydrogen-bond donors (Lipinski definition) is 2. The molecule has 1 amide bonds. The van der Waals surface area contributed by atoms with Crippen LogP contribution in [0.2, 0.25) is 0 Å². The zero-order chi connectivity index (χ0) is 21.2. The molecule has 0 fully saturated rings. The third-order valence-corrected chi connectivity index (χ3v) is 5.87. The van der Waals surface area contributed by atoms with Crippen molar-refractivity contribution in [3.05, 3.63) is 47.8 Å². The Morgan fingerprint density at radius 3 is 2.45 bits per heavy atom. The average molecular weight is 416 g/mol. The number of fused-ring (bicyclic) bond motifs is 1. The van der Waals surface area contributed by atoms with Gasteiger partial charge in [-0.3, -0.25) is 9.52 Å². The Labute approximate surface area is 170 Å². The van der Waals surface area contributed by atoms with Crippen molar-refractivity contribution in [1.29, 1.82) is 0 Å². The first-order chi connectivity index (χ1) is 13.7. The van der Waals surface area contributed by atoms with E-state index in [-0.39, 0.29) is 17.7 Å². The summed E-state index contributed by atoms with van der Waals surface area (Å²) in [6, 6.07) is 8.49. The second kappa shape index (κ2) is 8.20. The number of pyridine rings is 1. The predicted octanol–water partition coefficient (Wildman–Crippen LogP) is 3.72. The van der Waals surface area contributed by atoms with E-state index in [4.69, 9.17) is 0 Å². The van der Waals surface area contributed by atoms with Gasteiger partial charge in [0.1, 0.15) is 0 Å². The van der Waals surface area contributed by atoms with Gasteiger partial charge >= 0.3 is 0 Å². The molecule has 3 aromatic rings. The molecule has 154 valence electrons. The van der Waals surface area contributed by atoms with Crippen molar-refractivity contribution in [3.8, 4) is 0 Å². The minimum absolute atomic E-state index is 0.0631. The van der Waals surface area contributed by atoms with Crippen LogP contribution in [0.3, 0.4) is 0 Å². The van der Waals surface area contributed by atoms with E-state index in [0.29, 0.717) is 29.1 Å². The summed E-state index contributed by atoms with van der Waals surface area (Å²) in [6.07, 6.45) is 2.24. The lowest BCUT2D eigenvalue weighted by atomic mass is 10.1. The Balaban J connectivity index is 1.77. The van der Waals surface area contributed by atoms with Crippen molar-refractivity contribution in [1.82, 2.24) is 14.8 Å². The maximum absolute atomic E-state index is 12.7. The first-order valence-corrected chi connectivity index (χ1v) is 11.1. The average Bonchev–Trinajstić information content (AvgIpc) is 3.05. The van der Waals surface area contributed by atoms with Gasteiger partial charge in [0, 0.05) is 22.8 Å². The number of aryl methyl sites for hydroxylation is 1. The van der Waals surface area contributed by atoms with E-state index < -0.39 is 10.0 Å². The fourth-order valence-corrected chi connectivity index (χ4v) is 4.13. The Bertz CT molecular complexity index is 1130. The lowest BCUT2D eigenvalue weighted by Crippen LogP contribution is -2.16. The minimum Gasteiger partial charge on any atom is -0.322 e. The molecule has 0 saturated carbocycles. The van der Waals surface area contributed by atoms with Crippen LogP contribution in [0.15, 0.2) is 36.5 Å². The normalized spacial score (nSPS) is 11.8. The molecule has 0 bridgehead atoms. The number of hydrogen-bond acceptors (Lipinski definition) is 5. The molecule has 0 aliphatic carbocycles. The molecule has 0 radical (unpaired) electrons. The van der Waals surface area contributed by atoms with E-state index >= 15 is 0 Å².